The lowest BCUT2D eigenvalue weighted by molar-refractivity contribution is -0.121. The summed E-state index contributed by atoms with van der Waals surface area (Å²) in [5, 5.41) is 0.566. The molecule has 0 atom stereocenters. The molecule has 1 amide bonds. The lowest BCUT2D eigenvalue weighted by Gasteiger charge is -2.07. The summed E-state index contributed by atoms with van der Waals surface area (Å²) in [4.78, 5) is 30.7. The highest BCUT2D eigenvalue weighted by Gasteiger charge is 2.30. The number of hydrogen-bond donors (Lipinski definition) is 0. The first-order valence-electron chi connectivity index (χ1n) is 8.70. The van der Waals surface area contributed by atoms with Crippen molar-refractivity contribution in [3.8, 4) is 5.75 Å². The van der Waals surface area contributed by atoms with Crippen molar-refractivity contribution in [1.82, 2.24) is 4.90 Å². The van der Waals surface area contributed by atoms with Gasteiger partial charge in [0.2, 0.25) is 0 Å². The zero-order valence-corrected chi connectivity index (χ0v) is 16.7. The van der Waals surface area contributed by atoms with E-state index in [2.05, 4.69) is 9.73 Å². The van der Waals surface area contributed by atoms with Crippen molar-refractivity contribution in [1.29, 1.82) is 0 Å². The number of rotatable bonds is 5. The molecular weight excluding hydrogens is 376 g/mol. The lowest BCUT2D eigenvalue weighted by Crippen LogP contribution is -2.23. The molecule has 0 N–H and O–H groups in total. The Morgan fingerprint density at radius 3 is 2.57 bits per heavy atom. The molecular formula is C21H20N2O4S. The molecule has 0 unspecified atom stereocenters. The molecule has 1 aliphatic rings. The van der Waals surface area contributed by atoms with E-state index in [4.69, 9.17) is 4.74 Å². The third-order valence-electron chi connectivity index (χ3n) is 4.02. The highest BCUT2D eigenvalue weighted by molar-refractivity contribution is 8.18. The summed E-state index contributed by atoms with van der Waals surface area (Å²) in [6.45, 7) is 2.47. The number of carbonyl (C=O) groups excluding carboxylic acids is 2. The number of amidine groups is 1. The Balaban J connectivity index is 1.85. The number of methoxy groups -OCH3 is 1. The fourth-order valence-corrected chi connectivity index (χ4v) is 3.56. The summed E-state index contributed by atoms with van der Waals surface area (Å²) in [5.41, 5.74) is 1.94. The van der Waals surface area contributed by atoms with Crippen molar-refractivity contribution in [3.63, 3.8) is 0 Å². The maximum atomic E-state index is 12.6. The van der Waals surface area contributed by atoms with Crippen molar-refractivity contribution >= 4 is 40.6 Å². The van der Waals surface area contributed by atoms with Crippen LogP contribution in [-0.2, 0) is 9.53 Å². The molecule has 2 aromatic carbocycles. The standard InChI is InChI=1S/C21H20N2O4S/c1-4-27-17-8-6-5-7-15(17)13-18-19(24)23(2)21(28-18)22-16-11-9-14(10-12-16)20(25)26-3/h5-13H,4H2,1-3H3/b18-13-,22-21?. The van der Waals surface area contributed by atoms with Crippen molar-refractivity contribution in [2.24, 2.45) is 4.99 Å². The summed E-state index contributed by atoms with van der Waals surface area (Å²) >= 11 is 1.30. The first-order valence-corrected chi connectivity index (χ1v) is 9.51. The highest BCUT2D eigenvalue weighted by atomic mass is 32.2. The van der Waals surface area contributed by atoms with Gasteiger partial charge in [0.25, 0.3) is 5.91 Å². The zero-order valence-electron chi connectivity index (χ0n) is 15.8. The number of para-hydroxylation sites is 1. The van der Waals surface area contributed by atoms with Gasteiger partial charge in [0.1, 0.15) is 5.75 Å². The van der Waals surface area contributed by atoms with Crippen LogP contribution >= 0.6 is 11.8 Å². The van der Waals surface area contributed by atoms with E-state index in [0.29, 0.717) is 27.9 Å². The second-order valence-corrected chi connectivity index (χ2v) is 6.89. The number of nitrogens with zero attached hydrogens (tertiary/aromatic N) is 2. The van der Waals surface area contributed by atoms with E-state index in [0.717, 1.165) is 11.3 Å². The molecule has 2 aromatic rings. The SMILES string of the molecule is CCOc1ccccc1/C=C1\SC(=Nc2ccc(C(=O)OC)cc2)N(C)C1=O. The predicted molar refractivity (Wildman–Crippen MR) is 111 cm³/mol. The predicted octanol–water partition coefficient (Wildman–Crippen LogP) is 4.11. The molecule has 1 aliphatic heterocycles. The Labute approximate surface area is 167 Å². The Morgan fingerprint density at radius 2 is 1.89 bits per heavy atom. The molecule has 3 rings (SSSR count). The van der Waals surface area contributed by atoms with Crippen LogP contribution in [0.2, 0.25) is 0 Å². The van der Waals surface area contributed by atoms with Gasteiger partial charge in [-0.2, -0.15) is 0 Å². The van der Waals surface area contributed by atoms with Crippen LogP contribution in [-0.4, -0.2) is 42.7 Å². The van der Waals surface area contributed by atoms with E-state index in [9.17, 15) is 9.59 Å². The van der Waals surface area contributed by atoms with Gasteiger partial charge in [-0.1, -0.05) is 18.2 Å². The molecule has 1 saturated heterocycles. The average Bonchev–Trinajstić information content (AvgIpc) is 2.97. The summed E-state index contributed by atoms with van der Waals surface area (Å²) in [6.07, 6.45) is 1.82. The monoisotopic (exact) mass is 396 g/mol. The maximum Gasteiger partial charge on any atom is 0.337 e. The van der Waals surface area contributed by atoms with Gasteiger partial charge in [-0.15, -0.1) is 0 Å². The van der Waals surface area contributed by atoms with E-state index in [-0.39, 0.29) is 5.91 Å². The largest absolute Gasteiger partial charge is 0.493 e. The van der Waals surface area contributed by atoms with Gasteiger partial charge >= 0.3 is 5.97 Å². The van der Waals surface area contributed by atoms with Crippen LogP contribution in [0, 0.1) is 0 Å². The number of aliphatic imine (C=N–C) groups is 1. The number of esters is 1. The first-order chi connectivity index (χ1) is 13.5. The van der Waals surface area contributed by atoms with Gasteiger partial charge in [-0.25, -0.2) is 9.79 Å². The van der Waals surface area contributed by atoms with Crippen LogP contribution in [0.1, 0.15) is 22.8 Å². The summed E-state index contributed by atoms with van der Waals surface area (Å²) in [7, 11) is 3.02. The van der Waals surface area contributed by atoms with E-state index in [1.165, 1.54) is 23.8 Å². The average molecular weight is 396 g/mol. The summed E-state index contributed by atoms with van der Waals surface area (Å²) < 4.78 is 10.3. The fourth-order valence-electron chi connectivity index (χ4n) is 2.58. The molecule has 1 heterocycles. The van der Waals surface area contributed by atoms with E-state index < -0.39 is 5.97 Å². The third kappa shape index (κ3) is 4.26. The van der Waals surface area contributed by atoms with E-state index >= 15 is 0 Å². The Bertz CT molecular complexity index is 951. The van der Waals surface area contributed by atoms with Gasteiger partial charge in [0.15, 0.2) is 5.17 Å². The lowest BCUT2D eigenvalue weighted by atomic mass is 10.2. The molecule has 7 heteroatoms. The number of hydrogen-bond acceptors (Lipinski definition) is 6. The van der Waals surface area contributed by atoms with Crippen molar-refractivity contribution in [2.45, 2.75) is 6.92 Å². The normalized spacial score (nSPS) is 16.7. The van der Waals surface area contributed by atoms with Crippen molar-refractivity contribution in [2.75, 3.05) is 20.8 Å². The fraction of sp³-hybridized carbons (Fsp3) is 0.190. The van der Waals surface area contributed by atoms with Crippen molar-refractivity contribution in [3.05, 3.63) is 64.6 Å². The molecule has 0 aromatic heterocycles. The second kappa shape index (κ2) is 8.75. The van der Waals surface area contributed by atoms with Crippen LogP contribution in [0.4, 0.5) is 5.69 Å². The molecule has 0 bridgehead atoms. The highest BCUT2D eigenvalue weighted by Crippen LogP contribution is 2.34. The molecule has 1 fully saturated rings. The van der Waals surface area contributed by atoms with Gasteiger partial charge in [0, 0.05) is 12.6 Å². The molecule has 0 radical (unpaired) electrons. The zero-order chi connectivity index (χ0) is 20.1. The molecule has 28 heavy (non-hydrogen) atoms. The maximum absolute atomic E-state index is 12.6. The van der Waals surface area contributed by atoms with Crippen LogP contribution in [0.3, 0.4) is 0 Å². The van der Waals surface area contributed by atoms with Crippen LogP contribution in [0.25, 0.3) is 6.08 Å². The third-order valence-corrected chi connectivity index (χ3v) is 5.08. The minimum Gasteiger partial charge on any atom is -0.493 e. The number of thioether (sulfide) groups is 1. The minimum atomic E-state index is -0.403. The van der Waals surface area contributed by atoms with Crippen LogP contribution in [0.15, 0.2) is 58.4 Å². The summed E-state index contributed by atoms with van der Waals surface area (Å²) in [5.74, 6) is 0.207. The number of amides is 1. The first kappa shape index (κ1) is 19.7. The molecule has 0 saturated carbocycles. The van der Waals surface area contributed by atoms with Gasteiger partial charge in [-0.05, 0) is 55.1 Å². The second-order valence-electron chi connectivity index (χ2n) is 5.88. The Hall–Kier alpha value is -3.06. The molecule has 0 aliphatic carbocycles. The Morgan fingerprint density at radius 1 is 1.18 bits per heavy atom. The topological polar surface area (TPSA) is 68.2 Å². The van der Waals surface area contributed by atoms with Crippen molar-refractivity contribution < 1.29 is 19.1 Å². The van der Waals surface area contributed by atoms with Crippen LogP contribution < -0.4 is 4.74 Å². The summed E-state index contributed by atoms with van der Waals surface area (Å²) in [6, 6.07) is 14.3. The van der Waals surface area contributed by atoms with Gasteiger partial charge in [0.05, 0.1) is 29.9 Å². The number of benzene rings is 2. The van der Waals surface area contributed by atoms with Gasteiger partial charge < -0.3 is 9.47 Å². The van der Waals surface area contributed by atoms with E-state index in [1.807, 2.05) is 37.3 Å². The quantitative estimate of drug-likeness (QED) is 0.562. The van der Waals surface area contributed by atoms with Crippen LogP contribution in [0.5, 0.6) is 5.75 Å². The number of carbonyl (C=O) groups is 2. The number of ether oxygens (including phenoxy) is 2. The van der Waals surface area contributed by atoms with Gasteiger partial charge in [-0.3, -0.25) is 9.69 Å². The molecule has 0 spiro atoms. The smallest absolute Gasteiger partial charge is 0.337 e. The molecule has 144 valence electrons. The minimum absolute atomic E-state index is 0.124. The van der Waals surface area contributed by atoms with E-state index in [1.54, 1.807) is 31.3 Å². The number of likely N-dealkylation sites (N-methyl/N-ethyl adjacent to an activating group) is 1. The molecule has 6 nitrogen and oxygen atoms in total. The Kier molecular flexibility index (Phi) is 6.16.